The Morgan fingerprint density at radius 2 is 1.97 bits per heavy atom. The van der Waals surface area contributed by atoms with Crippen LogP contribution < -0.4 is 5.32 Å². The van der Waals surface area contributed by atoms with Crippen molar-refractivity contribution in [1.82, 2.24) is 0 Å². The number of nitrogens with one attached hydrogen (secondary N) is 1. The smallest absolute Gasteiger partial charge is 0.341 e. The molecule has 0 spiro atoms. The summed E-state index contributed by atoms with van der Waals surface area (Å²) in [7, 11) is 0. The molecule has 30 heavy (non-hydrogen) atoms. The van der Waals surface area contributed by atoms with Gasteiger partial charge >= 0.3 is 5.97 Å². The first-order valence-corrected chi connectivity index (χ1v) is 11.4. The van der Waals surface area contributed by atoms with E-state index in [0.29, 0.717) is 21.9 Å². The second-order valence-electron chi connectivity index (χ2n) is 6.29. The summed E-state index contributed by atoms with van der Waals surface area (Å²) in [4.78, 5) is 25.0. The normalized spacial score (nSPS) is 10.3. The molecule has 3 aromatic rings. The van der Waals surface area contributed by atoms with Gasteiger partial charge in [0.2, 0.25) is 5.91 Å². The van der Waals surface area contributed by atoms with Gasteiger partial charge in [0.1, 0.15) is 10.6 Å². The molecular formula is C23H20N2O3S2. The van der Waals surface area contributed by atoms with Crippen LogP contribution in [-0.2, 0) is 15.3 Å². The Kier molecular flexibility index (Phi) is 7.66. The number of amides is 1. The molecule has 5 nitrogen and oxygen atoms in total. The molecular weight excluding hydrogens is 416 g/mol. The number of ether oxygens (including phenoxy) is 1. The second-order valence-corrected chi connectivity index (χ2v) is 8.16. The Morgan fingerprint density at radius 3 is 2.70 bits per heavy atom. The summed E-state index contributed by atoms with van der Waals surface area (Å²) < 4.78 is 5.22. The number of thioether (sulfide) groups is 1. The van der Waals surface area contributed by atoms with Gasteiger partial charge in [-0.1, -0.05) is 42.5 Å². The zero-order valence-corrected chi connectivity index (χ0v) is 18.0. The number of anilines is 1. The van der Waals surface area contributed by atoms with Crippen LogP contribution in [0, 0.1) is 11.3 Å². The third kappa shape index (κ3) is 5.50. The third-order valence-electron chi connectivity index (χ3n) is 4.17. The van der Waals surface area contributed by atoms with E-state index in [-0.39, 0.29) is 18.3 Å². The van der Waals surface area contributed by atoms with Crippen LogP contribution in [0.1, 0.15) is 28.4 Å². The number of esters is 1. The predicted molar refractivity (Wildman–Crippen MR) is 122 cm³/mol. The number of nitrogens with zero attached hydrogens (tertiary/aromatic N) is 1. The summed E-state index contributed by atoms with van der Waals surface area (Å²) in [5.41, 5.74) is 3.61. The molecule has 0 saturated carbocycles. The first-order valence-electron chi connectivity index (χ1n) is 9.33. The highest BCUT2D eigenvalue weighted by Gasteiger charge is 2.22. The van der Waals surface area contributed by atoms with Crippen LogP contribution in [0.3, 0.4) is 0 Å². The molecule has 0 aliphatic carbocycles. The monoisotopic (exact) mass is 436 g/mol. The lowest BCUT2D eigenvalue weighted by atomic mass is 10.0. The van der Waals surface area contributed by atoms with Crippen LogP contribution in [0.5, 0.6) is 0 Å². The van der Waals surface area contributed by atoms with E-state index in [4.69, 9.17) is 10.00 Å². The van der Waals surface area contributed by atoms with Crippen LogP contribution >= 0.6 is 23.1 Å². The molecule has 1 heterocycles. The van der Waals surface area contributed by atoms with Crippen molar-refractivity contribution in [3.8, 4) is 17.2 Å². The molecule has 0 radical (unpaired) electrons. The van der Waals surface area contributed by atoms with Crippen molar-refractivity contribution in [3.63, 3.8) is 0 Å². The lowest BCUT2D eigenvalue weighted by Crippen LogP contribution is -2.16. The van der Waals surface area contributed by atoms with Crippen molar-refractivity contribution in [2.24, 2.45) is 0 Å². The van der Waals surface area contributed by atoms with E-state index in [9.17, 15) is 9.59 Å². The Labute approximate surface area is 183 Å². The molecule has 7 heteroatoms. The van der Waals surface area contributed by atoms with Gasteiger partial charge in [-0.25, -0.2) is 4.79 Å². The molecule has 1 N–H and O–H groups in total. The van der Waals surface area contributed by atoms with Gasteiger partial charge in [0.05, 0.1) is 24.0 Å². The number of benzene rings is 2. The molecule has 0 bridgehead atoms. The van der Waals surface area contributed by atoms with Gasteiger partial charge < -0.3 is 10.1 Å². The zero-order chi connectivity index (χ0) is 21.3. The molecule has 2 aromatic carbocycles. The molecule has 0 saturated heterocycles. The number of hydrogen-bond donors (Lipinski definition) is 1. The maximum Gasteiger partial charge on any atom is 0.341 e. The molecule has 152 valence electrons. The number of carbonyl (C=O) groups excluding carboxylic acids is 2. The highest BCUT2D eigenvalue weighted by atomic mass is 32.2. The summed E-state index contributed by atoms with van der Waals surface area (Å²) in [5.74, 6) is 0.211. The van der Waals surface area contributed by atoms with Crippen molar-refractivity contribution in [2.75, 3.05) is 17.7 Å². The maximum absolute atomic E-state index is 12.6. The maximum atomic E-state index is 12.6. The van der Waals surface area contributed by atoms with Gasteiger partial charge in [-0.15, -0.1) is 23.1 Å². The fourth-order valence-corrected chi connectivity index (χ4v) is 4.59. The van der Waals surface area contributed by atoms with Gasteiger partial charge in [0, 0.05) is 16.7 Å². The van der Waals surface area contributed by atoms with E-state index in [1.807, 2.05) is 53.9 Å². The Hall–Kier alpha value is -3.08. The molecule has 0 atom stereocenters. The van der Waals surface area contributed by atoms with Crippen LogP contribution in [0.4, 0.5) is 5.00 Å². The van der Waals surface area contributed by atoms with Crippen LogP contribution in [0.25, 0.3) is 11.1 Å². The fourth-order valence-electron chi connectivity index (χ4n) is 2.84. The van der Waals surface area contributed by atoms with Gasteiger partial charge in [-0.3, -0.25) is 4.79 Å². The molecule has 1 amide bonds. The van der Waals surface area contributed by atoms with Crippen molar-refractivity contribution in [1.29, 1.82) is 5.26 Å². The third-order valence-corrected chi connectivity index (χ3v) is 6.07. The lowest BCUT2D eigenvalue weighted by Gasteiger charge is -2.09. The molecule has 0 aliphatic rings. The number of thiophene rings is 1. The minimum absolute atomic E-state index is 0.191. The largest absolute Gasteiger partial charge is 0.462 e. The van der Waals surface area contributed by atoms with Gasteiger partial charge in [-0.2, -0.15) is 5.26 Å². The summed E-state index contributed by atoms with van der Waals surface area (Å²) in [6.07, 6.45) is 0. The first-order chi connectivity index (χ1) is 14.6. The fraction of sp³-hybridized carbons (Fsp3) is 0.174. The Balaban J connectivity index is 1.69. The van der Waals surface area contributed by atoms with Crippen molar-refractivity contribution in [2.45, 2.75) is 12.7 Å². The average Bonchev–Trinajstić information content (AvgIpc) is 3.18. The standard InChI is InChI=1S/C23H20N2O3S2/c1-2-28-23(27)21-19(18-9-4-3-5-10-18)14-30-22(21)25-20(26)15-29-13-17-8-6-7-16(11-17)12-24/h3-11,14H,2,13,15H2,1H3,(H,25,26). The molecule has 0 aliphatic heterocycles. The quantitative estimate of drug-likeness (QED) is 0.483. The van der Waals surface area contributed by atoms with E-state index < -0.39 is 5.97 Å². The molecule has 0 unspecified atom stereocenters. The molecule has 3 rings (SSSR count). The van der Waals surface area contributed by atoms with Crippen molar-refractivity contribution in [3.05, 3.63) is 76.7 Å². The van der Waals surface area contributed by atoms with Crippen molar-refractivity contribution >= 4 is 40.0 Å². The molecule has 1 aromatic heterocycles. The second kappa shape index (κ2) is 10.6. The number of nitriles is 1. The zero-order valence-electron chi connectivity index (χ0n) is 16.4. The van der Waals surface area contributed by atoms with Crippen LogP contribution in [0.2, 0.25) is 0 Å². The van der Waals surface area contributed by atoms with Gasteiger partial charge in [0.25, 0.3) is 0 Å². The van der Waals surface area contributed by atoms with Gasteiger partial charge in [-0.05, 0) is 30.2 Å². The first kappa shape index (κ1) is 21.6. The molecule has 0 fully saturated rings. The summed E-state index contributed by atoms with van der Waals surface area (Å²) in [6.45, 7) is 2.01. The van der Waals surface area contributed by atoms with E-state index in [1.54, 1.807) is 13.0 Å². The number of hydrogen-bond acceptors (Lipinski definition) is 6. The van der Waals surface area contributed by atoms with Gasteiger partial charge in [0.15, 0.2) is 0 Å². The predicted octanol–water partition coefficient (Wildman–Crippen LogP) is 5.34. The highest BCUT2D eigenvalue weighted by molar-refractivity contribution is 7.99. The number of carbonyl (C=O) groups is 2. The Bertz CT molecular complexity index is 1070. The number of rotatable bonds is 8. The van der Waals surface area contributed by atoms with E-state index in [1.165, 1.54) is 23.1 Å². The van der Waals surface area contributed by atoms with Crippen LogP contribution in [0.15, 0.2) is 60.0 Å². The summed E-state index contributed by atoms with van der Waals surface area (Å²) >= 11 is 2.76. The Morgan fingerprint density at radius 1 is 1.17 bits per heavy atom. The topological polar surface area (TPSA) is 79.2 Å². The van der Waals surface area contributed by atoms with Crippen LogP contribution in [-0.4, -0.2) is 24.2 Å². The minimum Gasteiger partial charge on any atom is -0.462 e. The summed E-state index contributed by atoms with van der Waals surface area (Å²) in [5, 5.41) is 14.2. The SMILES string of the molecule is CCOC(=O)c1c(-c2ccccc2)csc1NC(=O)CSCc1cccc(C#N)c1. The lowest BCUT2D eigenvalue weighted by molar-refractivity contribution is -0.113. The van der Waals surface area contributed by atoms with Crippen molar-refractivity contribution < 1.29 is 14.3 Å². The average molecular weight is 437 g/mol. The minimum atomic E-state index is -0.450. The highest BCUT2D eigenvalue weighted by Crippen LogP contribution is 2.36. The van der Waals surface area contributed by atoms with E-state index >= 15 is 0 Å². The van der Waals surface area contributed by atoms with E-state index in [0.717, 1.165) is 16.7 Å². The summed E-state index contributed by atoms with van der Waals surface area (Å²) in [6, 6.07) is 19.0. The van der Waals surface area contributed by atoms with E-state index in [2.05, 4.69) is 11.4 Å².